The minimum atomic E-state index is 0.392. The first kappa shape index (κ1) is 11.9. The van der Waals surface area contributed by atoms with Crippen LogP contribution in [0.15, 0.2) is 0 Å². The van der Waals surface area contributed by atoms with Gasteiger partial charge in [-0.2, -0.15) is 5.10 Å². The van der Waals surface area contributed by atoms with Crippen LogP contribution < -0.4 is 5.73 Å². The molecule has 90 valence electrons. The first-order valence-corrected chi connectivity index (χ1v) is 6.47. The molecule has 0 aromatic carbocycles. The van der Waals surface area contributed by atoms with Crippen LogP contribution in [0, 0.1) is 12.8 Å². The number of nitrogens with zero attached hydrogens (tertiary/aromatic N) is 2. The van der Waals surface area contributed by atoms with Crippen molar-refractivity contribution in [3.63, 3.8) is 0 Å². The van der Waals surface area contributed by atoms with E-state index >= 15 is 0 Å². The molecule has 0 aliphatic heterocycles. The zero-order chi connectivity index (χ0) is 11.7. The molecule has 4 heteroatoms. The summed E-state index contributed by atoms with van der Waals surface area (Å²) in [5.74, 6) is 0.689. The van der Waals surface area contributed by atoms with Crippen molar-refractivity contribution in [2.24, 2.45) is 11.7 Å². The van der Waals surface area contributed by atoms with Crippen molar-refractivity contribution < 1.29 is 0 Å². The molecule has 16 heavy (non-hydrogen) atoms. The van der Waals surface area contributed by atoms with E-state index in [-0.39, 0.29) is 0 Å². The molecule has 1 aliphatic rings. The molecule has 0 bridgehead atoms. The Morgan fingerprint density at radius 3 is 2.81 bits per heavy atom. The van der Waals surface area contributed by atoms with E-state index < -0.39 is 0 Å². The average Bonchev–Trinajstić information content (AvgIpc) is 2.77. The summed E-state index contributed by atoms with van der Waals surface area (Å²) < 4.78 is 2.03. The van der Waals surface area contributed by atoms with Gasteiger partial charge in [-0.05, 0) is 45.4 Å². The highest BCUT2D eigenvalue weighted by atomic mass is 35.5. The molecule has 1 fully saturated rings. The van der Waals surface area contributed by atoms with Gasteiger partial charge in [-0.3, -0.25) is 4.68 Å². The molecule has 0 saturated heterocycles. The zero-order valence-electron chi connectivity index (χ0n) is 10.0. The van der Waals surface area contributed by atoms with Gasteiger partial charge < -0.3 is 5.73 Å². The monoisotopic (exact) mass is 241 g/mol. The molecule has 2 unspecified atom stereocenters. The van der Waals surface area contributed by atoms with Gasteiger partial charge in [0.25, 0.3) is 0 Å². The van der Waals surface area contributed by atoms with Crippen LogP contribution in [0.3, 0.4) is 0 Å². The summed E-state index contributed by atoms with van der Waals surface area (Å²) in [5.41, 5.74) is 8.08. The van der Waals surface area contributed by atoms with Crippen molar-refractivity contribution in [3.05, 3.63) is 16.4 Å². The fourth-order valence-corrected chi connectivity index (χ4v) is 2.85. The van der Waals surface area contributed by atoms with Gasteiger partial charge in [-0.15, -0.1) is 0 Å². The summed E-state index contributed by atoms with van der Waals surface area (Å²) in [7, 11) is 0. The molecule has 2 atom stereocenters. The number of halogens is 1. The van der Waals surface area contributed by atoms with Crippen molar-refractivity contribution in [1.29, 1.82) is 0 Å². The lowest BCUT2D eigenvalue weighted by atomic mass is 10.0. The van der Waals surface area contributed by atoms with Crippen LogP contribution >= 0.6 is 11.6 Å². The van der Waals surface area contributed by atoms with E-state index in [2.05, 4.69) is 12.0 Å². The third kappa shape index (κ3) is 2.25. The highest BCUT2D eigenvalue weighted by Crippen LogP contribution is 2.30. The van der Waals surface area contributed by atoms with Crippen LogP contribution in [0.1, 0.15) is 37.6 Å². The molecular weight excluding hydrogens is 222 g/mol. The second kappa shape index (κ2) is 4.76. The molecule has 1 heterocycles. The molecule has 2 rings (SSSR count). The second-order valence-electron chi connectivity index (χ2n) is 4.81. The maximum atomic E-state index is 6.29. The largest absolute Gasteiger partial charge is 0.328 e. The molecule has 3 nitrogen and oxygen atoms in total. The van der Waals surface area contributed by atoms with Crippen LogP contribution in [0.5, 0.6) is 0 Å². The number of hydrogen-bond acceptors (Lipinski definition) is 2. The van der Waals surface area contributed by atoms with Crippen molar-refractivity contribution in [2.75, 3.05) is 0 Å². The topological polar surface area (TPSA) is 43.8 Å². The molecule has 0 spiro atoms. The maximum Gasteiger partial charge on any atom is 0.0847 e. The number of aromatic nitrogens is 2. The standard InChI is InChI=1S/C12H20ClN3/c1-3-16-11(12(13)8(2)15-16)7-9-4-5-10(14)6-9/h9-10H,3-7,14H2,1-2H3. The first-order chi connectivity index (χ1) is 7.61. The fourth-order valence-electron chi connectivity index (χ4n) is 2.64. The van der Waals surface area contributed by atoms with E-state index in [1.54, 1.807) is 0 Å². The van der Waals surface area contributed by atoms with Gasteiger partial charge in [0.2, 0.25) is 0 Å². The van der Waals surface area contributed by atoms with E-state index in [1.165, 1.54) is 12.1 Å². The van der Waals surface area contributed by atoms with Crippen molar-refractivity contribution in [3.8, 4) is 0 Å². The van der Waals surface area contributed by atoms with E-state index in [0.29, 0.717) is 12.0 Å². The van der Waals surface area contributed by atoms with Crippen LogP contribution in [0.25, 0.3) is 0 Å². The summed E-state index contributed by atoms with van der Waals surface area (Å²) in [6.45, 7) is 4.96. The van der Waals surface area contributed by atoms with Gasteiger partial charge in [0.05, 0.1) is 16.4 Å². The van der Waals surface area contributed by atoms with E-state index in [0.717, 1.165) is 36.5 Å². The summed E-state index contributed by atoms with van der Waals surface area (Å²) in [6, 6.07) is 0.392. The molecule has 1 aromatic heterocycles. The minimum Gasteiger partial charge on any atom is -0.328 e. The summed E-state index contributed by atoms with van der Waals surface area (Å²) >= 11 is 6.29. The van der Waals surface area contributed by atoms with Crippen LogP contribution in [-0.4, -0.2) is 15.8 Å². The zero-order valence-corrected chi connectivity index (χ0v) is 10.8. The summed E-state index contributed by atoms with van der Waals surface area (Å²) in [4.78, 5) is 0. The fraction of sp³-hybridized carbons (Fsp3) is 0.750. The van der Waals surface area contributed by atoms with E-state index in [1.807, 2.05) is 11.6 Å². The quantitative estimate of drug-likeness (QED) is 0.884. The number of hydrogen-bond donors (Lipinski definition) is 1. The van der Waals surface area contributed by atoms with Gasteiger partial charge in [0.15, 0.2) is 0 Å². The van der Waals surface area contributed by atoms with Crippen LogP contribution in [-0.2, 0) is 13.0 Å². The third-order valence-electron chi connectivity index (χ3n) is 3.52. The molecule has 1 aromatic rings. The number of nitrogens with two attached hydrogens (primary N) is 1. The van der Waals surface area contributed by atoms with E-state index in [4.69, 9.17) is 17.3 Å². The van der Waals surface area contributed by atoms with Crippen LogP contribution in [0.4, 0.5) is 0 Å². The first-order valence-electron chi connectivity index (χ1n) is 6.09. The van der Waals surface area contributed by atoms with E-state index in [9.17, 15) is 0 Å². The Kier molecular flexibility index (Phi) is 3.55. The SMILES string of the molecule is CCn1nc(C)c(Cl)c1CC1CCC(N)C1. The van der Waals surface area contributed by atoms with Crippen molar-refractivity contribution in [1.82, 2.24) is 9.78 Å². The Balaban J connectivity index is 2.14. The predicted octanol–water partition coefficient (Wildman–Crippen LogP) is 2.53. The lowest BCUT2D eigenvalue weighted by Gasteiger charge is -2.11. The predicted molar refractivity (Wildman–Crippen MR) is 66.7 cm³/mol. The Bertz CT molecular complexity index is 373. The molecule has 0 radical (unpaired) electrons. The maximum absolute atomic E-state index is 6.29. The third-order valence-corrected chi connectivity index (χ3v) is 4.01. The molecule has 2 N–H and O–H groups in total. The van der Waals surface area contributed by atoms with Gasteiger partial charge in [-0.1, -0.05) is 11.6 Å². The summed E-state index contributed by atoms with van der Waals surface area (Å²) in [6.07, 6.45) is 4.54. The van der Waals surface area contributed by atoms with Crippen molar-refractivity contribution >= 4 is 11.6 Å². The lowest BCUT2D eigenvalue weighted by Crippen LogP contribution is -2.16. The van der Waals surface area contributed by atoms with Gasteiger partial charge in [0, 0.05) is 12.6 Å². The highest BCUT2D eigenvalue weighted by molar-refractivity contribution is 6.31. The van der Waals surface area contributed by atoms with Gasteiger partial charge >= 0.3 is 0 Å². The Morgan fingerprint density at radius 2 is 2.25 bits per heavy atom. The van der Waals surface area contributed by atoms with Crippen molar-refractivity contribution in [2.45, 2.75) is 52.1 Å². The lowest BCUT2D eigenvalue weighted by molar-refractivity contribution is 0.500. The molecule has 1 saturated carbocycles. The van der Waals surface area contributed by atoms with Gasteiger partial charge in [0.1, 0.15) is 0 Å². The Labute approximate surface area is 102 Å². The highest BCUT2D eigenvalue weighted by Gasteiger charge is 2.24. The Hall–Kier alpha value is -0.540. The normalized spacial score (nSPS) is 25.2. The Morgan fingerprint density at radius 1 is 1.50 bits per heavy atom. The molecular formula is C12H20ClN3. The average molecular weight is 242 g/mol. The second-order valence-corrected chi connectivity index (χ2v) is 5.18. The molecule has 0 amide bonds. The number of aryl methyl sites for hydroxylation is 2. The smallest absolute Gasteiger partial charge is 0.0847 e. The minimum absolute atomic E-state index is 0.392. The molecule has 1 aliphatic carbocycles. The number of rotatable bonds is 3. The van der Waals surface area contributed by atoms with Crippen LogP contribution in [0.2, 0.25) is 5.02 Å². The summed E-state index contributed by atoms with van der Waals surface area (Å²) in [5, 5.41) is 5.29. The van der Waals surface area contributed by atoms with Gasteiger partial charge in [-0.25, -0.2) is 0 Å².